The Morgan fingerprint density at radius 1 is 1.08 bits per heavy atom. The lowest BCUT2D eigenvalue weighted by atomic mass is 9.99. The van der Waals surface area contributed by atoms with Crippen molar-refractivity contribution in [2.75, 3.05) is 6.54 Å². The van der Waals surface area contributed by atoms with Gasteiger partial charge in [-0.1, -0.05) is 48.0 Å². The van der Waals surface area contributed by atoms with Crippen LogP contribution in [0.5, 0.6) is 0 Å². The second-order valence-electron chi connectivity index (χ2n) is 6.69. The maximum absolute atomic E-state index is 12.5. The lowest BCUT2D eigenvalue weighted by Gasteiger charge is -2.12. The summed E-state index contributed by atoms with van der Waals surface area (Å²) in [7, 11) is 0. The second-order valence-corrected chi connectivity index (χ2v) is 6.69. The Morgan fingerprint density at radius 2 is 1.77 bits per heavy atom. The highest BCUT2D eigenvalue weighted by Crippen LogP contribution is 2.18. The number of nitrogens with one attached hydrogen (secondary N) is 1. The van der Waals surface area contributed by atoms with E-state index in [4.69, 9.17) is 0 Å². The molecule has 4 heteroatoms. The average molecular weight is 347 g/mol. The Kier molecular flexibility index (Phi) is 5.52. The third kappa shape index (κ3) is 4.02. The number of aromatic nitrogens is 2. The zero-order chi connectivity index (χ0) is 18.5. The van der Waals surface area contributed by atoms with Gasteiger partial charge in [0.1, 0.15) is 5.82 Å². The highest BCUT2D eigenvalue weighted by Gasteiger charge is 2.12. The molecule has 0 atom stereocenters. The summed E-state index contributed by atoms with van der Waals surface area (Å²) in [6.45, 7) is 7.49. The van der Waals surface area contributed by atoms with E-state index in [0.717, 1.165) is 41.0 Å². The first kappa shape index (κ1) is 17.9. The summed E-state index contributed by atoms with van der Waals surface area (Å²) in [5.74, 6) is 0.969. The lowest BCUT2D eigenvalue weighted by Crippen LogP contribution is -2.26. The van der Waals surface area contributed by atoms with Gasteiger partial charge in [0.15, 0.2) is 0 Å². The number of hydrogen-bond donors (Lipinski definition) is 1. The Hall–Kier alpha value is -2.88. The summed E-state index contributed by atoms with van der Waals surface area (Å²) in [6, 6.07) is 14.3. The second kappa shape index (κ2) is 8.00. The number of nitrogens with zero attached hydrogens (tertiary/aromatic N) is 2. The van der Waals surface area contributed by atoms with Crippen LogP contribution in [0.2, 0.25) is 0 Å². The largest absolute Gasteiger partial charge is 0.352 e. The van der Waals surface area contributed by atoms with Crippen molar-refractivity contribution in [2.45, 2.75) is 33.7 Å². The molecule has 1 aromatic heterocycles. The summed E-state index contributed by atoms with van der Waals surface area (Å²) in [5.41, 5.74) is 5.14. The van der Waals surface area contributed by atoms with Crippen molar-refractivity contribution < 1.29 is 4.79 Å². The van der Waals surface area contributed by atoms with Gasteiger partial charge in [-0.2, -0.15) is 0 Å². The lowest BCUT2D eigenvalue weighted by molar-refractivity contribution is 0.0951. The molecule has 0 aliphatic carbocycles. The van der Waals surface area contributed by atoms with Crippen LogP contribution in [0.15, 0.2) is 54.9 Å². The molecular weight excluding hydrogens is 322 g/mol. The zero-order valence-corrected chi connectivity index (χ0v) is 15.6. The van der Waals surface area contributed by atoms with Crippen LogP contribution in [0.25, 0.3) is 11.4 Å². The van der Waals surface area contributed by atoms with Crippen LogP contribution in [0.1, 0.15) is 33.5 Å². The molecule has 2 aromatic carbocycles. The molecule has 0 radical (unpaired) electrons. The van der Waals surface area contributed by atoms with Crippen molar-refractivity contribution in [3.05, 3.63) is 77.1 Å². The molecule has 0 fully saturated rings. The van der Waals surface area contributed by atoms with E-state index in [-0.39, 0.29) is 5.91 Å². The van der Waals surface area contributed by atoms with Crippen LogP contribution >= 0.6 is 0 Å². The van der Waals surface area contributed by atoms with Crippen LogP contribution in [0.3, 0.4) is 0 Å². The zero-order valence-electron chi connectivity index (χ0n) is 15.6. The fourth-order valence-corrected chi connectivity index (χ4v) is 3.42. The van der Waals surface area contributed by atoms with Gasteiger partial charge in [-0.15, -0.1) is 0 Å². The number of imidazole rings is 1. The molecule has 0 saturated carbocycles. The van der Waals surface area contributed by atoms with Gasteiger partial charge in [-0.05, 0) is 38.3 Å². The topological polar surface area (TPSA) is 46.9 Å². The number of carbonyl (C=O) groups is 1. The van der Waals surface area contributed by atoms with Gasteiger partial charge in [-0.25, -0.2) is 4.98 Å². The van der Waals surface area contributed by atoms with E-state index in [2.05, 4.69) is 46.1 Å². The number of carbonyl (C=O) groups excluding carboxylic acids is 1. The third-order valence-electron chi connectivity index (χ3n) is 4.51. The van der Waals surface area contributed by atoms with Gasteiger partial charge >= 0.3 is 0 Å². The Morgan fingerprint density at radius 3 is 2.46 bits per heavy atom. The minimum absolute atomic E-state index is 0.00825. The van der Waals surface area contributed by atoms with E-state index in [1.807, 2.05) is 44.4 Å². The molecule has 26 heavy (non-hydrogen) atoms. The van der Waals surface area contributed by atoms with Gasteiger partial charge in [-0.3, -0.25) is 4.79 Å². The maximum atomic E-state index is 12.5. The Balaban J connectivity index is 1.57. The molecule has 1 heterocycles. The number of benzene rings is 2. The SMILES string of the molecule is Cc1cc(C)c(C(=O)NCCCn2ccnc2-c2ccccc2)c(C)c1. The number of aryl methyl sites for hydroxylation is 4. The van der Waals surface area contributed by atoms with E-state index in [9.17, 15) is 4.79 Å². The predicted molar refractivity (Wildman–Crippen MR) is 105 cm³/mol. The van der Waals surface area contributed by atoms with Crippen molar-refractivity contribution >= 4 is 5.91 Å². The normalized spacial score (nSPS) is 10.7. The molecular formula is C22H25N3O. The van der Waals surface area contributed by atoms with Crippen molar-refractivity contribution in [3.63, 3.8) is 0 Å². The first-order chi connectivity index (χ1) is 12.6. The molecule has 134 valence electrons. The highest BCUT2D eigenvalue weighted by atomic mass is 16.1. The summed E-state index contributed by atoms with van der Waals surface area (Å²) >= 11 is 0. The minimum Gasteiger partial charge on any atom is -0.352 e. The van der Waals surface area contributed by atoms with E-state index >= 15 is 0 Å². The van der Waals surface area contributed by atoms with Crippen molar-refractivity contribution in [3.8, 4) is 11.4 Å². The molecule has 0 bridgehead atoms. The maximum Gasteiger partial charge on any atom is 0.251 e. The molecule has 0 spiro atoms. The quantitative estimate of drug-likeness (QED) is 0.676. The van der Waals surface area contributed by atoms with Gasteiger partial charge in [0.05, 0.1) is 0 Å². The smallest absolute Gasteiger partial charge is 0.251 e. The van der Waals surface area contributed by atoms with E-state index in [0.29, 0.717) is 6.54 Å². The molecule has 0 unspecified atom stereocenters. The fourth-order valence-electron chi connectivity index (χ4n) is 3.42. The molecule has 0 aliphatic rings. The molecule has 1 N–H and O–H groups in total. The van der Waals surface area contributed by atoms with Crippen molar-refractivity contribution in [2.24, 2.45) is 0 Å². The van der Waals surface area contributed by atoms with Gasteiger partial charge in [0, 0.05) is 36.6 Å². The number of amides is 1. The summed E-state index contributed by atoms with van der Waals surface area (Å²) in [5, 5.41) is 3.05. The van der Waals surface area contributed by atoms with Crippen molar-refractivity contribution in [1.29, 1.82) is 0 Å². The van der Waals surface area contributed by atoms with Crippen molar-refractivity contribution in [1.82, 2.24) is 14.9 Å². The van der Waals surface area contributed by atoms with E-state index < -0.39 is 0 Å². The molecule has 3 aromatic rings. The minimum atomic E-state index is 0.00825. The fraction of sp³-hybridized carbons (Fsp3) is 0.273. The van der Waals surface area contributed by atoms with E-state index in [1.165, 1.54) is 5.56 Å². The first-order valence-electron chi connectivity index (χ1n) is 8.99. The third-order valence-corrected chi connectivity index (χ3v) is 4.51. The van der Waals surface area contributed by atoms with Crippen LogP contribution in [0.4, 0.5) is 0 Å². The first-order valence-corrected chi connectivity index (χ1v) is 8.99. The predicted octanol–water partition coefficient (Wildman–Crippen LogP) is 4.30. The molecule has 4 nitrogen and oxygen atoms in total. The van der Waals surface area contributed by atoms with Gasteiger partial charge in [0.2, 0.25) is 0 Å². The highest BCUT2D eigenvalue weighted by molar-refractivity contribution is 5.97. The molecule has 1 amide bonds. The molecule has 0 aliphatic heterocycles. The number of rotatable bonds is 6. The van der Waals surface area contributed by atoms with Crippen LogP contribution in [-0.4, -0.2) is 22.0 Å². The standard InChI is InChI=1S/C22H25N3O/c1-16-14-17(2)20(18(3)15-16)22(26)24-10-7-12-25-13-11-23-21(25)19-8-5-4-6-9-19/h4-6,8-9,11,13-15H,7,10,12H2,1-3H3,(H,24,26). The van der Waals surface area contributed by atoms with Crippen LogP contribution in [0, 0.1) is 20.8 Å². The molecule has 3 rings (SSSR count). The average Bonchev–Trinajstić information content (AvgIpc) is 3.07. The van der Waals surface area contributed by atoms with E-state index in [1.54, 1.807) is 0 Å². The van der Waals surface area contributed by atoms with Gasteiger partial charge in [0.25, 0.3) is 5.91 Å². The summed E-state index contributed by atoms with van der Waals surface area (Å²) in [4.78, 5) is 17.0. The Bertz CT molecular complexity index is 874. The summed E-state index contributed by atoms with van der Waals surface area (Å²) < 4.78 is 2.13. The van der Waals surface area contributed by atoms with Gasteiger partial charge < -0.3 is 9.88 Å². The monoisotopic (exact) mass is 347 g/mol. The molecule has 0 saturated heterocycles. The Labute approximate surface area is 154 Å². The number of hydrogen-bond acceptors (Lipinski definition) is 2. The van der Waals surface area contributed by atoms with Crippen LogP contribution in [-0.2, 0) is 6.54 Å². The van der Waals surface area contributed by atoms with Crippen LogP contribution < -0.4 is 5.32 Å². The summed E-state index contributed by atoms with van der Waals surface area (Å²) in [6.07, 6.45) is 4.66.